The molecule has 5 atom stereocenters. The van der Waals surface area contributed by atoms with Gasteiger partial charge < -0.3 is 9.47 Å². The summed E-state index contributed by atoms with van der Waals surface area (Å²) in [6.45, 7) is 7.68. The van der Waals surface area contributed by atoms with Crippen LogP contribution in [0.1, 0.15) is 46.5 Å². The fraction of sp³-hybridized carbons (Fsp3) is 1.00. The molecule has 2 nitrogen and oxygen atoms in total. The smallest absolute Gasteiger partial charge is 0.158 e. The summed E-state index contributed by atoms with van der Waals surface area (Å²) < 4.78 is 11.4. The number of ether oxygens (including phenoxy) is 2. The Balaban J connectivity index is 1.55. The molecule has 5 unspecified atom stereocenters. The first kappa shape index (κ1) is 11.0. The molecule has 0 spiro atoms. The summed E-state index contributed by atoms with van der Waals surface area (Å²) in [6.07, 6.45) is 5.87. The average Bonchev–Trinajstić information content (AvgIpc) is 2.70. The molecule has 2 saturated carbocycles. The minimum absolute atomic E-state index is 0.101. The molecule has 2 heteroatoms. The van der Waals surface area contributed by atoms with E-state index in [1.54, 1.807) is 0 Å². The van der Waals surface area contributed by atoms with Gasteiger partial charge in [0.15, 0.2) is 6.29 Å². The number of hydrogen-bond acceptors (Lipinski definition) is 2. The molecule has 0 bridgehead atoms. The van der Waals surface area contributed by atoms with Gasteiger partial charge in [0.2, 0.25) is 0 Å². The molecule has 1 saturated heterocycles. The van der Waals surface area contributed by atoms with Crippen LogP contribution in [0.5, 0.6) is 0 Å². The predicted molar refractivity (Wildman–Crippen MR) is 63.0 cm³/mol. The second-order valence-electron chi connectivity index (χ2n) is 6.44. The highest BCUT2D eigenvalue weighted by molar-refractivity contribution is 5.11. The third kappa shape index (κ3) is 1.62. The monoisotopic (exact) mass is 224 g/mol. The normalized spacial score (nSPS) is 51.0. The largest absolute Gasteiger partial charge is 0.350 e. The highest BCUT2D eigenvalue weighted by Crippen LogP contribution is 2.70. The number of hydrogen-bond donors (Lipinski definition) is 0. The summed E-state index contributed by atoms with van der Waals surface area (Å²) in [6, 6.07) is 0. The molecule has 0 aromatic heterocycles. The van der Waals surface area contributed by atoms with Crippen molar-refractivity contribution in [3.05, 3.63) is 0 Å². The number of fused-ring (bicyclic) bond motifs is 1. The van der Waals surface area contributed by atoms with Crippen LogP contribution in [-0.2, 0) is 9.47 Å². The van der Waals surface area contributed by atoms with Gasteiger partial charge in [0.05, 0.1) is 12.7 Å². The topological polar surface area (TPSA) is 18.5 Å². The first-order chi connectivity index (χ1) is 7.62. The Morgan fingerprint density at radius 1 is 1.38 bits per heavy atom. The predicted octanol–water partition coefficient (Wildman–Crippen LogP) is 3.21. The van der Waals surface area contributed by atoms with E-state index < -0.39 is 0 Å². The second kappa shape index (κ2) is 3.71. The van der Waals surface area contributed by atoms with Crippen molar-refractivity contribution in [3.63, 3.8) is 0 Å². The van der Waals surface area contributed by atoms with E-state index >= 15 is 0 Å². The van der Waals surface area contributed by atoms with Crippen LogP contribution in [0.25, 0.3) is 0 Å². The molecule has 16 heavy (non-hydrogen) atoms. The molecule has 1 heterocycles. The first-order valence-corrected chi connectivity index (χ1v) is 6.89. The van der Waals surface area contributed by atoms with Crippen LogP contribution < -0.4 is 0 Å². The molecule has 1 aliphatic heterocycles. The van der Waals surface area contributed by atoms with Gasteiger partial charge in [0.25, 0.3) is 0 Å². The van der Waals surface area contributed by atoms with Gasteiger partial charge in [-0.3, -0.25) is 0 Å². The van der Waals surface area contributed by atoms with E-state index in [0.717, 1.165) is 36.2 Å². The minimum Gasteiger partial charge on any atom is -0.350 e. The zero-order chi connectivity index (χ0) is 11.3. The van der Waals surface area contributed by atoms with Crippen LogP contribution in [-0.4, -0.2) is 19.0 Å². The molecule has 3 fully saturated rings. The van der Waals surface area contributed by atoms with E-state index in [2.05, 4.69) is 20.8 Å². The molecule has 3 aliphatic rings. The maximum absolute atomic E-state index is 5.76. The number of rotatable bonds is 3. The molecule has 2 aliphatic carbocycles. The third-order valence-electron chi connectivity index (χ3n) is 5.27. The van der Waals surface area contributed by atoms with Crippen molar-refractivity contribution in [2.24, 2.45) is 23.2 Å². The lowest BCUT2D eigenvalue weighted by Crippen LogP contribution is -2.15. The maximum Gasteiger partial charge on any atom is 0.158 e. The molecule has 3 rings (SSSR count). The molecule has 0 aromatic rings. The fourth-order valence-corrected chi connectivity index (χ4v) is 4.12. The molecule has 0 aromatic carbocycles. The molecular formula is C14H24O2. The Labute approximate surface area is 98.7 Å². The SMILES string of the molecule is CC1COC(CC2CCC3(C(C)C)CC23)O1. The Bertz CT molecular complexity index is 276. The van der Waals surface area contributed by atoms with E-state index in [1.807, 2.05) is 0 Å². The van der Waals surface area contributed by atoms with Crippen molar-refractivity contribution in [2.45, 2.75) is 58.8 Å². The van der Waals surface area contributed by atoms with Crippen LogP contribution >= 0.6 is 0 Å². The van der Waals surface area contributed by atoms with Gasteiger partial charge in [-0.1, -0.05) is 13.8 Å². The van der Waals surface area contributed by atoms with Crippen molar-refractivity contribution in [1.82, 2.24) is 0 Å². The zero-order valence-corrected chi connectivity index (χ0v) is 10.7. The van der Waals surface area contributed by atoms with Gasteiger partial charge in [0.1, 0.15) is 0 Å². The van der Waals surface area contributed by atoms with Gasteiger partial charge in [-0.15, -0.1) is 0 Å². The average molecular weight is 224 g/mol. The van der Waals surface area contributed by atoms with Crippen molar-refractivity contribution >= 4 is 0 Å². The summed E-state index contributed by atoms with van der Waals surface area (Å²) in [4.78, 5) is 0. The van der Waals surface area contributed by atoms with Crippen LogP contribution in [0.2, 0.25) is 0 Å². The summed E-state index contributed by atoms with van der Waals surface area (Å²) in [7, 11) is 0. The van der Waals surface area contributed by atoms with Crippen LogP contribution in [0.4, 0.5) is 0 Å². The quantitative estimate of drug-likeness (QED) is 0.733. The molecule has 0 amide bonds. The van der Waals surface area contributed by atoms with Gasteiger partial charge >= 0.3 is 0 Å². The van der Waals surface area contributed by atoms with Crippen molar-refractivity contribution in [2.75, 3.05) is 6.61 Å². The van der Waals surface area contributed by atoms with Crippen molar-refractivity contribution < 1.29 is 9.47 Å². The third-order valence-corrected chi connectivity index (χ3v) is 5.27. The van der Waals surface area contributed by atoms with Crippen LogP contribution in [0, 0.1) is 23.2 Å². The summed E-state index contributed by atoms with van der Waals surface area (Å²) >= 11 is 0. The van der Waals surface area contributed by atoms with Crippen molar-refractivity contribution in [1.29, 1.82) is 0 Å². The lowest BCUT2D eigenvalue weighted by molar-refractivity contribution is -0.0700. The van der Waals surface area contributed by atoms with Crippen molar-refractivity contribution in [3.8, 4) is 0 Å². The Hall–Kier alpha value is -0.0800. The highest BCUT2D eigenvalue weighted by Gasteiger charge is 2.62. The molecule has 0 radical (unpaired) electrons. The van der Waals surface area contributed by atoms with E-state index in [4.69, 9.17) is 9.47 Å². The molecule has 0 N–H and O–H groups in total. The van der Waals surface area contributed by atoms with Gasteiger partial charge in [-0.25, -0.2) is 0 Å². The van der Waals surface area contributed by atoms with E-state index in [1.165, 1.54) is 19.3 Å². The minimum atomic E-state index is 0.101. The van der Waals surface area contributed by atoms with E-state index in [9.17, 15) is 0 Å². The van der Waals surface area contributed by atoms with Gasteiger partial charge in [-0.05, 0) is 49.4 Å². The van der Waals surface area contributed by atoms with E-state index in [0.29, 0.717) is 6.10 Å². The second-order valence-corrected chi connectivity index (χ2v) is 6.44. The zero-order valence-electron chi connectivity index (χ0n) is 10.7. The lowest BCUT2D eigenvalue weighted by atomic mass is 9.90. The van der Waals surface area contributed by atoms with Gasteiger partial charge in [-0.2, -0.15) is 0 Å². The summed E-state index contributed by atoms with van der Waals surface area (Å²) in [5, 5.41) is 0. The van der Waals surface area contributed by atoms with Crippen LogP contribution in [0.3, 0.4) is 0 Å². The maximum atomic E-state index is 5.76. The fourth-order valence-electron chi connectivity index (χ4n) is 4.12. The Kier molecular flexibility index (Phi) is 2.56. The first-order valence-electron chi connectivity index (χ1n) is 6.89. The Morgan fingerprint density at radius 3 is 2.69 bits per heavy atom. The Morgan fingerprint density at radius 2 is 2.19 bits per heavy atom. The van der Waals surface area contributed by atoms with Crippen LogP contribution in [0.15, 0.2) is 0 Å². The highest BCUT2D eigenvalue weighted by atomic mass is 16.7. The van der Waals surface area contributed by atoms with Gasteiger partial charge in [0, 0.05) is 6.42 Å². The molecule has 92 valence electrons. The lowest BCUT2D eigenvalue weighted by Gasteiger charge is -2.16. The summed E-state index contributed by atoms with van der Waals surface area (Å²) in [5.41, 5.74) is 0.717. The molecular weight excluding hydrogens is 200 g/mol. The standard InChI is InChI=1S/C14H24O2/c1-9(2)14-5-4-11(12(14)7-14)6-13-15-8-10(3)16-13/h9-13H,4-8H2,1-3H3. The summed E-state index contributed by atoms with van der Waals surface area (Å²) in [5.74, 6) is 2.72. The van der Waals surface area contributed by atoms with E-state index in [-0.39, 0.29) is 6.29 Å².